The zero-order chi connectivity index (χ0) is 13.3. The first kappa shape index (κ1) is 13.0. The highest BCUT2D eigenvalue weighted by Gasteiger charge is 2.08. The van der Waals surface area contributed by atoms with Crippen molar-refractivity contribution in [3.05, 3.63) is 46.2 Å². The van der Waals surface area contributed by atoms with Crippen molar-refractivity contribution in [1.29, 1.82) is 0 Å². The molecule has 0 spiro atoms. The van der Waals surface area contributed by atoms with Crippen molar-refractivity contribution in [1.82, 2.24) is 9.78 Å². The number of halogens is 1. The van der Waals surface area contributed by atoms with Gasteiger partial charge in [0.15, 0.2) is 5.78 Å². The van der Waals surface area contributed by atoms with Gasteiger partial charge < -0.3 is 0 Å². The van der Waals surface area contributed by atoms with Gasteiger partial charge in [-0.3, -0.25) is 4.79 Å². The fraction of sp³-hybridized carbons (Fsp3) is 0.286. The molecule has 2 rings (SSSR count). The highest BCUT2D eigenvalue weighted by Crippen LogP contribution is 2.22. The number of benzene rings is 1. The Hall–Kier alpha value is -1.42. The number of ketones is 1. The third-order valence-electron chi connectivity index (χ3n) is 2.80. The summed E-state index contributed by atoms with van der Waals surface area (Å²) < 4.78 is 2.62. The summed E-state index contributed by atoms with van der Waals surface area (Å²) >= 11 is 3.42. The van der Waals surface area contributed by atoms with E-state index in [-0.39, 0.29) is 5.78 Å². The Kier molecular flexibility index (Phi) is 3.66. The maximum absolute atomic E-state index is 11.4. The van der Waals surface area contributed by atoms with Crippen LogP contribution in [0.4, 0.5) is 0 Å². The van der Waals surface area contributed by atoms with Gasteiger partial charge in [-0.15, -0.1) is 0 Å². The number of aromatic nitrogens is 2. The SMILES string of the molecule is CC(=O)c1ccc(-n2ccc(C(C)C)n2)cc1Br. The second-order valence-corrected chi connectivity index (χ2v) is 5.41. The molecule has 0 aliphatic heterocycles. The summed E-state index contributed by atoms with van der Waals surface area (Å²) in [7, 11) is 0. The molecule has 1 heterocycles. The van der Waals surface area contributed by atoms with Crippen LogP contribution in [0.2, 0.25) is 0 Å². The summed E-state index contributed by atoms with van der Waals surface area (Å²) in [5, 5.41) is 4.51. The van der Waals surface area contributed by atoms with Crippen LogP contribution in [0.3, 0.4) is 0 Å². The van der Waals surface area contributed by atoms with Crippen molar-refractivity contribution >= 4 is 21.7 Å². The molecular weight excluding hydrogens is 292 g/mol. The van der Waals surface area contributed by atoms with Gasteiger partial charge in [0.25, 0.3) is 0 Å². The summed E-state index contributed by atoms with van der Waals surface area (Å²) in [6.07, 6.45) is 1.94. The average Bonchev–Trinajstić information content (AvgIpc) is 2.77. The molecule has 4 heteroatoms. The third kappa shape index (κ3) is 2.53. The van der Waals surface area contributed by atoms with Crippen LogP contribution in [0.15, 0.2) is 34.9 Å². The Morgan fingerprint density at radius 2 is 2.06 bits per heavy atom. The van der Waals surface area contributed by atoms with E-state index in [0.29, 0.717) is 11.5 Å². The van der Waals surface area contributed by atoms with Crippen LogP contribution >= 0.6 is 15.9 Å². The fourth-order valence-electron chi connectivity index (χ4n) is 1.72. The molecule has 0 saturated carbocycles. The molecule has 0 aliphatic rings. The molecule has 0 N–H and O–H groups in total. The van der Waals surface area contributed by atoms with Crippen molar-refractivity contribution in [2.45, 2.75) is 26.7 Å². The number of carbonyl (C=O) groups excluding carboxylic acids is 1. The van der Waals surface area contributed by atoms with Gasteiger partial charge in [-0.1, -0.05) is 13.8 Å². The minimum Gasteiger partial charge on any atom is -0.294 e. The first-order valence-electron chi connectivity index (χ1n) is 5.85. The van der Waals surface area contributed by atoms with E-state index < -0.39 is 0 Å². The fourth-order valence-corrected chi connectivity index (χ4v) is 2.37. The Balaban J connectivity index is 2.39. The maximum atomic E-state index is 11.4. The lowest BCUT2D eigenvalue weighted by molar-refractivity contribution is 0.101. The number of nitrogens with zero attached hydrogens (tertiary/aromatic N) is 2. The van der Waals surface area contributed by atoms with Gasteiger partial charge >= 0.3 is 0 Å². The van der Waals surface area contributed by atoms with Crippen LogP contribution in [0, 0.1) is 0 Å². The van der Waals surface area contributed by atoms with E-state index in [1.807, 2.05) is 35.1 Å². The van der Waals surface area contributed by atoms with Crippen molar-refractivity contribution in [2.24, 2.45) is 0 Å². The second-order valence-electron chi connectivity index (χ2n) is 4.56. The van der Waals surface area contributed by atoms with Crippen molar-refractivity contribution in [3.8, 4) is 5.69 Å². The zero-order valence-corrected chi connectivity index (χ0v) is 12.2. The van der Waals surface area contributed by atoms with Crippen LogP contribution in [0.5, 0.6) is 0 Å². The molecule has 0 bridgehead atoms. The van der Waals surface area contributed by atoms with E-state index in [1.165, 1.54) is 0 Å². The summed E-state index contributed by atoms with van der Waals surface area (Å²) in [5.74, 6) is 0.461. The van der Waals surface area contributed by atoms with Crippen LogP contribution in [-0.2, 0) is 0 Å². The smallest absolute Gasteiger partial charge is 0.160 e. The van der Waals surface area contributed by atoms with Gasteiger partial charge in [-0.2, -0.15) is 5.10 Å². The molecule has 1 aromatic heterocycles. The highest BCUT2D eigenvalue weighted by atomic mass is 79.9. The average molecular weight is 307 g/mol. The number of Topliss-reactive ketones (excluding diaryl/α,β-unsaturated/α-hetero) is 1. The van der Waals surface area contributed by atoms with Crippen LogP contribution < -0.4 is 0 Å². The molecule has 0 aliphatic carbocycles. The predicted molar refractivity (Wildman–Crippen MR) is 75.4 cm³/mol. The quantitative estimate of drug-likeness (QED) is 0.804. The van der Waals surface area contributed by atoms with E-state index in [2.05, 4.69) is 34.9 Å². The summed E-state index contributed by atoms with van der Waals surface area (Å²) in [4.78, 5) is 11.4. The monoisotopic (exact) mass is 306 g/mol. The van der Waals surface area contributed by atoms with Gasteiger partial charge in [0, 0.05) is 16.2 Å². The molecule has 1 aromatic carbocycles. The molecule has 0 unspecified atom stereocenters. The lowest BCUT2D eigenvalue weighted by atomic mass is 10.1. The van der Waals surface area contributed by atoms with E-state index in [1.54, 1.807) is 6.92 Å². The van der Waals surface area contributed by atoms with E-state index in [0.717, 1.165) is 15.9 Å². The van der Waals surface area contributed by atoms with Crippen LogP contribution in [0.1, 0.15) is 42.7 Å². The summed E-state index contributed by atoms with van der Waals surface area (Å²) in [5.41, 5.74) is 2.69. The molecule has 94 valence electrons. The number of hydrogen-bond donors (Lipinski definition) is 0. The van der Waals surface area contributed by atoms with Gasteiger partial charge in [-0.25, -0.2) is 4.68 Å². The summed E-state index contributed by atoms with van der Waals surface area (Å²) in [6.45, 7) is 5.79. The molecule has 0 amide bonds. The first-order valence-corrected chi connectivity index (χ1v) is 6.64. The van der Waals surface area contributed by atoms with E-state index >= 15 is 0 Å². The van der Waals surface area contributed by atoms with Crippen molar-refractivity contribution < 1.29 is 4.79 Å². The van der Waals surface area contributed by atoms with E-state index in [9.17, 15) is 4.79 Å². The third-order valence-corrected chi connectivity index (χ3v) is 3.45. The second kappa shape index (κ2) is 5.06. The predicted octanol–water partition coefficient (Wildman–Crippen LogP) is 3.96. The molecular formula is C14H15BrN2O. The molecule has 18 heavy (non-hydrogen) atoms. The number of carbonyl (C=O) groups is 1. The normalized spacial score (nSPS) is 10.9. The summed E-state index contributed by atoms with van der Waals surface area (Å²) in [6, 6.07) is 7.64. The highest BCUT2D eigenvalue weighted by molar-refractivity contribution is 9.10. The van der Waals surface area contributed by atoms with Gasteiger partial charge in [0.1, 0.15) is 0 Å². The van der Waals surface area contributed by atoms with Crippen molar-refractivity contribution in [2.75, 3.05) is 0 Å². The van der Waals surface area contributed by atoms with Crippen LogP contribution in [-0.4, -0.2) is 15.6 Å². The lowest BCUT2D eigenvalue weighted by Gasteiger charge is -2.05. The molecule has 0 fully saturated rings. The Morgan fingerprint density at radius 1 is 1.33 bits per heavy atom. The standard InChI is InChI=1S/C14H15BrN2O/c1-9(2)14-6-7-17(16-14)11-4-5-12(10(3)18)13(15)8-11/h4-9H,1-3H3. The molecule has 0 atom stereocenters. The molecule has 2 aromatic rings. The zero-order valence-electron chi connectivity index (χ0n) is 10.6. The van der Waals surface area contributed by atoms with Crippen LogP contribution in [0.25, 0.3) is 5.69 Å². The number of hydrogen-bond acceptors (Lipinski definition) is 2. The molecule has 3 nitrogen and oxygen atoms in total. The van der Waals surface area contributed by atoms with Gasteiger partial charge in [-0.05, 0) is 53.0 Å². The maximum Gasteiger partial charge on any atom is 0.160 e. The Bertz CT molecular complexity index is 587. The van der Waals surface area contributed by atoms with E-state index in [4.69, 9.17) is 0 Å². The topological polar surface area (TPSA) is 34.9 Å². The molecule has 0 radical (unpaired) electrons. The van der Waals surface area contributed by atoms with Gasteiger partial charge in [0.05, 0.1) is 11.4 Å². The lowest BCUT2D eigenvalue weighted by Crippen LogP contribution is -2.00. The minimum absolute atomic E-state index is 0.0526. The minimum atomic E-state index is 0.0526. The molecule has 0 saturated heterocycles. The number of rotatable bonds is 3. The Labute approximate surface area is 115 Å². The van der Waals surface area contributed by atoms with Gasteiger partial charge in [0.2, 0.25) is 0 Å². The Morgan fingerprint density at radius 3 is 2.56 bits per heavy atom. The first-order chi connectivity index (χ1) is 8.49. The largest absolute Gasteiger partial charge is 0.294 e. The van der Waals surface area contributed by atoms with Crippen molar-refractivity contribution in [3.63, 3.8) is 0 Å².